The van der Waals surface area contributed by atoms with Crippen LogP contribution in [0.15, 0.2) is 66.6 Å². The molecular formula is C17H13ClN6OS. The summed E-state index contributed by atoms with van der Waals surface area (Å²) in [6, 6.07) is 11.0. The first kappa shape index (κ1) is 16.6. The minimum absolute atomic E-state index is 0.161. The van der Waals surface area contributed by atoms with Crippen LogP contribution in [0.25, 0.3) is 11.2 Å². The number of thioether (sulfide) groups is 1. The topological polar surface area (TPSA) is 77.1 Å². The lowest BCUT2D eigenvalue weighted by Gasteiger charge is -2.11. The van der Waals surface area contributed by atoms with Crippen molar-refractivity contribution >= 4 is 40.5 Å². The molecule has 0 aliphatic rings. The van der Waals surface area contributed by atoms with Gasteiger partial charge in [0.25, 0.3) is 0 Å². The molecule has 1 aromatic carbocycles. The maximum absolute atomic E-state index is 12.4. The third kappa shape index (κ3) is 3.42. The second kappa shape index (κ2) is 7.19. The number of fused-ring (bicyclic) bond motifs is 1. The second-order valence-corrected chi connectivity index (χ2v) is 6.75. The fourth-order valence-electron chi connectivity index (χ4n) is 2.48. The third-order valence-corrected chi connectivity index (χ3v) is 4.84. The molecule has 7 nitrogen and oxygen atoms in total. The number of nitrogens with zero attached hydrogens (tertiary/aromatic N) is 5. The number of benzene rings is 1. The largest absolute Gasteiger partial charge is 0.323 e. The van der Waals surface area contributed by atoms with Gasteiger partial charge in [0.2, 0.25) is 5.91 Å². The van der Waals surface area contributed by atoms with E-state index in [-0.39, 0.29) is 11.7 Å². The van der Waals surface area contributed by atoms with Crippen molar-refractivity contribution in [1.29, 1.82) is 0 Å². The predicted molar refractivity (Wildman–Crippen MR) is 101 cm³/mol. The number of amides is 1. The van der Waals surface area contributed by atoms with E-state index in [2.05, 4.69) is 20.4 Å². The van der Waals surface area contributed by atoms with E-state index in [9.17, 15) is 4.79 Å². The van der Waals surface area contributed by atoms with Crippen LogP contribution in [0.1, 0.15) is 0 Å². The Morgan fingerprint density at radius 1 is 1.27 bits per heavy atom. The van der Waals surface area contributed by atoms with E-state index in [0.717, 1.165) is 10.7 Å². The average Bonchev–Trinajstić information content (AvgIpc) is 3.30. The summed E-state index contributed by atoms with van der Waals surface area (Å²) in [6.45, 7) is 0. The number of hydrogen-bond acceptors (Lipinski definition) is 5. The van der Waals surface area contributed by atoms with Gasteiger partial charge in [0, 0.05) is 11.2 Å². The first-order chi connectivity index (χ1) is 12.7. The molecule has 0 saturated carbocycles. The van der Waals surface area contributed by atoms with Crippen molar-refractivity contribution in [3.63, 3.8) is 0 Å². The second-order valence-electron chi connectivity index (χ2n) is 5.37. The number of anilines is 1. The summed E-state index contributed by atoms with van der Waals surface area (Å²) in [5.74, 6) is 0.0587. The SMILES string of the molecule is O=C(CSc1ncc2ccccn12)Nc1cc(Cl)ccc1-n1cncn1. The highest BCUT2D eigenvalue weighted by Gasteiger charge is 2.12. The van der Waals surface area contributed by atoms with Gasteiger partial charge in [0.05, 0.1) is 28.8 Å². The molecule has 4 rings (SSSR count). The number of hydrogen-bond donors (Lipinski definition) is 1. The zero-order chi connectivity index (χ0) is 17.9. The Morgan fingerprint density at radius 3 is 3.04 bits per heavy atom. The van der Waals surface area contributed by atoms with Crippen molar-refractivity contribution in [2.45, 2.75) is 5.16 Å². The standard InChI is InChI=1S/C17H13ClN6OS/c18-12-4-5-15(24-11-19-10-21-24)14(7-12)22-16(25)9-26-17-20-8-13-3-1-2-6-23(13)17/h1-8,10-11H,9H2,(H,22,25). The van der Waals surface area contributed by atoms with Crippen LogP contribution in [-0.2, 0) is 4.79 Å². The Hall–Kier alpha value is -2.84. The average molecular weight is 385 g/mol. The molecule has 0 aliphatic carbocycles. The van der Waals surface area contributed by atoms with E-state index >= 15 is 0 Å². The lowest BCUT2D eigenvalue weighted by Crippen LogP contribution is -2.16. The monoisotopic (exact) mass is 384 g/mol. The number of imidazole rings is 1. The molecule has 0 radical (unpaired) electrons. The van der Waals surface area contributed by atoms with Gasteiger partial charge in [-0.2, -0.15) is 5.10 Å². The van der Waals surface area contributed by atoms with Crippen LogP contribution in [0.2, 0.25) is 5.02 Å². The smallest absolute Gasteiger partial charge is 0.234 e. The number of rotatable bonds is 5. The highest BCUT2D eigenvalue weighted by Crippen LogP contribution is 2.25. The Balaban J connectivity index is 1.49. The third-order valence-electron chi connectivity index (χ3n) is 3.64. The van der Waals surface area contributed by atoms with E-state index in [1.165, 1.54) is 18.1 Å². The quantitative estimate of drug-likeness (QED) is 0.534. The molecule has 0 saturated heterocycles. The zero-order valence-electron chi connectivity index (χ0n) is 13.4. The number of halogens is 1. The summed E-state index contributed by atoms with van der Waals surface area (Å²) in [5.41, 5.74) is 2.25. The summed E-state index contributed by atoms with van der Waals surface area (Å²) in [5, 5.41) is 8.26. The fourth-order valence-corrected chi connectivity index (χ4v) is 3.42. The summed E-state index contributed by atoms with van der Waals surface area (Å²) in [4.78, 5) is 20.7. The lowest BCUT2D eigenvalue weighted by atomic mass is 10.2. The van der Waals surface area contributed by atoms with Gasteiger partial charge < -0.3 is 5.32 Å². The van der Waals surface area contributed by atoms with Crippen LogP contribution in [0.4, 0.5) is 5.69 Å². The van der Waals surface area contributed by atoms with Crippen molar-refractivity contribution in [1.82, 2.24) is 24.1 Å². The predicted octanol–water partition coefficient (Wildman–Crippen LogP) is 3.30. The number of carbonyl (C=O) groups is 1. The van der Waals surface area contributed by atoms with Crippen molar-refractivity contribution in [3.8, 4) is 5.69 Å². The highest BCUT2D eigenvalue weighted by atomic mass is 35.5. The number of nitrogens with one attached hydrogen (secondary N) is 1. The van der Waals surface area contributed by atoms with Crippen molar-refractivity contribution in [2.75, 3.05) is 11.1 Å². The Morgan fingerprint density at radius 2 is 2.19 bits per heavy atom. The minimum atomic E-state index is -0.161. The minimum Gasteiger partial charge on any atom is -0.323 e. The molecule has 9 heteroatoms. The zero-order valence-corrected chi connectivity index (χ0v) is 15.0. The van der Waals surface area contributed by atoms with Crippen LogP contribution in [0.5, 0.6) is 0 Å². The van der Waals surface area contributed by atoms with E-state index in [0.29, 0.717) is 16.4 Å². The van der Waals surface area contributed by atoms with Gasteiger partial charge in [-0.25, -0.2) is 14.6 Å². The van der Waals surface area contributed by atoms with Gasteiger partial charge >= 0.3 is 0 Å². The van der Waals surface area contributed by atoms with Crippen LogP contribution in [-0.4, -0.2) is 35.8 Å². The molecular weight excluding hydrogens is 372 g/mol. The molecule has 0 unspecified atom stereocenters. The number of pyridine rings is 1. The van der Waals surface area contributed by atoms with Crippen molar-refractivity contribution in [2.24, 2.45) is 0 Å². The maximum atomic E-state index is 12.4. The van der Waals surface area contributed by atoms with Crippen LogP contribution < -0.4 is 5.32 Å². The molecule has 3 heterocycles. The maximum Gasteiger partial charge on any atom is 0.234 e. The number of aromatic nitrogens is 5. The lowest BCUT2D eigenvalue weighted by molar-refractivity contribution is -0.113. The fraction of sp³-hybridized carbons (Fsp3) is 0.0588. The van der Waals surface area contributed by atoms with E-state index in [1.54, 1.807) is 35.4 Å². The van der Waals surface area contributed by atoms with Gasteiger partial charge in [0.1, 0.15) is 12.7 Å². The van der Waals surface area contributed by atoms with E-state index in [4.69, 9.17) is 11.6 Å². The van der Waals surface area contributed by atoms with Crippen molar-refractivity contribution in [3.05, 3.63) is 66.5 Å². The summed E-state index contributed by atoms with van der Waals surface area (Å²) >= 11 is 7.43. The van der Waals surface area contributed by atoms with Gasteiger partial charge in [0.15, 0.2) is 5.16 Å². The molecule has 26 heavy (non-hydrogen) atoms. The van der Waals surface area contributed by atoms with Gasteiger partial charge in [-0.1, -0.05) is 29.4 Å². The molecule has 1 N–H and O–H groups in total. The van der Waals surface area contributed by atoms with Crippen LogP contribution in [0.3, 0.4) is 0 Å². The summed E-state index contributed by atoms with van der Waals surface area (Å²) in [6.07, 6.45) is 6.69. The molecule has 0 aliphatic heterocycles. The first-order valence-corrected chi connectivity index (χ1v) is 9.06. The van der Waals surface area contributed by atoms with Gasteiger partial charge in [-0.05, 0) is 30.3 Å². The molecule has 0 atom stereocenters. The molecule has 1 amide bonds. The van der Waals surface area contributed by atoms with Crippen LogP contribution in [0, 0.1) is 0 Å². The molecule has 3 aromatic heterocycles. The van der Waals surface area contributed by atoms with Crippen LogP contribution >= 0.6 is 23.4 Å². The van der Waals surface area contributed by atoms with Gasteiger partial charge in [-0.3, -0.25) is 9.20 Å². The Kier molecular flexibility index (Phi) is 4.59. The first-order valence-electron chi connectivity index (χ1n) is 7.70. The molecule has 0 bridgehead atoms. The normalized spacial score (nSPS) is 11.0. The number of carbonyl (C=O) groups excluding carboxylic acids is 1. The molecule has 0 spiro atoms. The van der Waals surface area contributed by atoms with E-state index < -0.39 is 0 Å². The Labute approximate surface area is 158 Å². The molecule has 4 aromatic rings. The summed E-state index contributed by atoms with van der Waals surface area (Å²) in [7, 11) is 0. The van der Waals surface area contributed by atoms with Crippen molar-refractivity contribution < 1.29 is 4.79 Å². The Bertz CT molecular complexity index is 1060. The van der Waals surface area contributed by atoms with E-state index in [1.807, 2.05) is 28.8 Å². The molecule has 0 fully saturated rings. The summed E-state index contributed by atoms with van der Waals surface area (Å²) < 4.78 is 3.51. The molecule has 130 valence electrons. The highest BCUT2D eigenvalue weighted by molar-refractivity contribution is 7.99. The van der Waals surface area contributed by atoms with Gasteiger partial charge in [-0.15, -0.1) is 0 Å².